The Balaban J connectivity index is 1.76. The summed E-state index contributed by atoms with van der Waals surface area (Å²) in [5.41, 5.74) is 0.992. The van der Waals surface area contributed by atoms with Crippen molar-refractivity contribution in [1.82, 2.24) is 19.5 Å². The summed E-state index contributed by atoms with van der Waals surface area (Å²) in [6.45, 7) is -0.476. The van der Waals surface area contributed by atoms with Crippen molar-refractivity contribution in [2.75, 3.05) is 11.5 Å². The molecule has 12 nitrogen and oxygen atoms in total. The average molecular weight is 429 g/mol. The molecule has 2 aliphatic rings. The van der Waals surface area contributed by atoms with Crippen molar-refractivity contribution in [3.63, 3.8) is 0 Å². The summed E-state index contributed by atoms with van der Waals surface area (Å²) in [6, 6.07) is 0. The third-order valence-electron chi connectivity index (χ3n) is 5.36. The summed E-state index contributed by atoms with van der Waals surface area (Å²) in [5.74, 6) is -0.392. The SMILES string of the molecule is O=CCC1C(C=O)=CN(c2ncnc3c2ncn3[C@@H]2O[C@H](CO)[C@@H](O)[C@H]2O)C=C1C=O. The van der Waals surface area contributed by atoms with Gasteiger partial charge in [-0.05, 0) is 0 Å². The van der Waals surface area contributed by atoms with Gasteiger partial charge in [-0.15, -0.1) is 0 Å². The fourth-order valence-electron chi connectivity index (χ4n) is 3.77. The first-order valence-electron chi connectivity index (χ1n) is 9.39. The van der Waals surface area contributed by atoms with Crippen LogP contribution in [0.4, 0.5) is 5.82 Å². The van der Waals surface area contributed by atoms with Crippen LogP contribution in [0.1, 0.15) is 12.6 Å². The molecule has 2 aromatic heterocycles. The quantitative estimate of drug-likeness (QED) is 0.444. The van der Waals surface area contributed by atoms with Crippen LogP contribution >= 0.6 is 0 Å². The Morgan fingerprint density at radius 3 is 2.32 bits per heavy atom. The zero-order valence-electron chi connectivity index (χ0n) is 16.1. The molecule has 2 aliphatic heterocycles. The number of nitrogens with zero attached hydrogens (tertiary/aromatic N) is 5. The van der Waals surface area contributed by atoms with Gasteiger partial charge >= 0.3 is 0 Å². The molecule has 4 heterocycles. The largest absolute Gasteiger partial charge is 0.394 e. The molecule has 4 rings (SSSR count). The fourth-order valence-corrected chi connectivity index (χ4v) is 3.77. The number of aliphatic hydroxyl groups excluding tert-OH is 3. The van der Waals surface area contributed by atoms with Gasteiger partial charge in [-0.2, -0.15) is 0 Å². The molecule has 1 saturated heterocycles. The molecule has 0 aromatic carbocycles. The number of rotatable bonds is 7. The fraction of sp³-hybridized carbons (Fsp3) is 0.368. The molecule has 31 heavy (non-hydrogen) atoms. The van der Waals surface area contributed by atoms with Crippen molar-refractivity contribution in [1.29, 1.82) is 0 Å². The zero-order valence-corrected chi connectivity index (χ0v) is 16.1. The van der Waals surface area contributed by atoms with Crippen LogP contribution in [0.2, 0.25) is 0 Å². The average Bonchev–Trinajstić information content (AvgIpc) is 3.34. The predicted octanol–water partition coefficient (Wildman–Crippen LogP) is -1.37. The maximum Gasteiger partial charge on any atom is 0.168 e. The van der Waals surface area contributed by atoms with Crippen LogP contribution < -0.4 is 4.90 Å². The number of hydrogen-bond acceptors (Lipinski definition) is 11. The van der Waals surface area contributed by atoms with Gasteiger partial charge in [0, 0.05) is 35.9 Å². The standard InChI is InChI=1S/C19H19N5O7/c25-2-1-12-10(5-26)3-23(4-11(12)6-27)17-14-18(21-8-20-17)24(9-22-14)19-16(30)15(29)13(7-28)31-19/h2-6,8-9,12-13,15-16,19,28-30H,1,7H2/t13-,15-,16-,19-/m1/s1. The second-order valence-corrected chi connectivity index (χ2v) is 7.11. The number of allylic oxidation sites excluding steroid dienone is 2. The van der Waals surface area contributed by atoms with Gasteiger partial charge < -0.3 is 29.8 Å². The van der Waals surface area contributed by atoms with Crippen LogP contribution in [0.5, 0.6) is 0 Å². The number of ether oxygens (including phenoxy) is 1. The van der Waals surface area contributed by atoms with Crippen LogP contribution in [-0.2, 0) is 19.1 Å². The van der Waals surface area contributed by atoms with E-state index in [-0.39, 0.29) is 34.5 Å². The lowest BCUT2D eigenvalue weighted by Gasteiger charge is -2.26. The van der Waals surface area contributed by atoms with Crippen molar-refractivity contribution in [3.05, 3.63) is 36.2 Å². The van der Waals surface area contributed by atoms with Gasteiger partial charge in [0.05, 0.1) is 12.9 Å². The number of aromatic nitrogens is 4. The molecular weight excluding hydrogens is 410 g/mol. The van der Waals surface area contributed by atoms with Crippen LogP contribution in [0.3, 0.4) is 0 Å². The van der Waals surface area contributed by atoms with E-state index in [0.717, 1.165) is 0 Å². The predicted molar refractivity (Wildman–Crippen MR) is 103 cm³/mol. The Bertz CT molecular complexity index is 1050. The lowest BCUT2D eigenvalue weighted by Crippen LogP contribution is -2.33. The van der Waals surface area contributed by atoms with Gasteiger partial charge in [0.1, 0.15) is 43.5 Å². The van der Waals surface area contributed by atoms with Crippen molar-refractivity contribution < 1.29 is 34.4 Å². The van der Waals surface area contributed by atoms with Crippen LogP contribution in [-0.4, -0.2) is 78.6 Å². The van der Waals surface area contributed by atoms with E-state index in [0.29, 0.717) is 18.9 Å². The second kappa shape index (κ2) is 8.43. The summed E-state index contributed by atoms with van der Waals surface area (Å²) in [7, 11) is 0. The summed E-state index contributed by atoms with van der Waals surface area (Å²) in [5, 5.41) is 29.6. The minimum atomic E-state index is -1.32. The molecule has 162 valence electrons. The third-order valence-corrected chi connectivity index (χ3v) is 5.36. The van der Waals surface area contributed by atoms with Crippen molar-refractivity contribution in [2.45, 2.75) is 31.0 Å². The van der Waals surface area contributed by atoms with Crippen LogP contribution in [0, 0.1) is 5.92 Å². The molecule has 2 aromatic rings. The molecule has 3 N–H and O–H groups in total. The lowest BCUT2D eigenvalue weighted by molar-refractivity contribution is -0.108. The van der Waals surface area contributed by atoms with E-state index in [2.05, 4.69) is 15.0 Å². The molecule has 0 bridgehead atoms. The first-order valence-corrected chi connectivity index (χ1v) is 9.39. The molecule has 0 spiro atoms. The van der Waals surface area contributed by atoms with Gasteiger partial charge in [0.2, 0.25) is 0 Å². The number of aldehydes is 3. The van der Waals surface area contributed by atoms with Gasteiger partial charge in [-0.1, -0.05) is 0 Å². The molecule has 0 unspecified atom stereocenters. The highest BCUT2D eigenvalue weighted by atomic mass is 16.6. The first-order chi connectivity index (χ1) is 15.0. The van der Waals surface area contributed by atoms with Crippen molar-refractivity contribution in [2.24, 2.45) is 5.92 Å². The highest BCUT2D eigenvalue weighted by molar-refractivity contribution is 5.90. The molecule has 0 amide bonds. The summed E-state index contributed by atoms with van der Waals surface area (Å²) in [4.78, 5) is 48.1. The van der Waals surface area contributed by atoms with Crippen molar-refractivity contribution in [3.8, 4) is 0 Å². The van der Waals surface area contributed by atoms with E-state index in [1.54, 1.807) is 0 Å². The monoisotopic (exact) mass is 429 g/mol. The van der Waals surface area contributed by atoms with E-state index in [9.17, 15) is 29.7 Å². The van der Waals surface area contributed by atoms with Crippen LogP contribution in [0.15, 0.2) is 36.2 Å². The van der Waals surface area contributed by atoms with Gasteiger partial charge in [0.15, 0.2) is 23.2 Å². The molecule has 0 aliphatic carbocycles. The first kappa shape index (κ1) is 20.9. The van der Waals surface area contributed by atoms with E-state index in [4.69, 9.17) is 4.74 Å². The molecule has 1 fully saturated rings. The number of anilines is 1. The highest BCUT2D eigenvalue weighted by Gasteiger charge is 2.44. The van der Waals surface area contributed by atoms with Gasteiger partial charge in [-0.3, -0.25) is 14.2 Å². The minimum absolute atomic E-state index is 0.0118. The van der Waals surface area contributed by atoms with E-state index in [1.165, 1.54) is 34.5 Å². The third kappa shape index (κ3) is 3.45. The van der Waals surface area contributed by atoms with E-state index < -0.39 is 37.1 Å². The van der Waals surface area contributed by atoms with Crippen LogP contribution in [0.25, 0.3) is 11.2 Å². The van der Waals surface area contributed by atoms with E-state index >= 15 is 0 Å². The van der Waals surface area contributed by atoms with E-state index in [1.807, 2.05) is 0 Å². The molecule has 12 heteroatoms. The smallest absolute Gasteiger partial charge is 0.168 e. The molecule has 0 radical (unpaired) electrons. The number of fused-ring (bicyclic) bond motifs is 1. The minimum Gasteiger partial charge on any atom is -0.394 e. The highest BCUT2D eigenvalue weighted by Crippen LogP contribution is 2.34. The number of aliphatic hydroxyl groups is 3. The topological polar surface area (TPSA) is 168 Å². The number of imidazole rings is 1. The molecular formula is C19H19N5O7. The van der Waals surface area contributed by atoms with Gasteiger partial charge in [0.25, 0.3) is 0 Å². The van der Waals surface area contributed by atoms with Crippen molar-refractivity contribution >= 4 is 35.8 Å². The number of carbonyl (C=O) groups excluding carboxylic acids is 3. The Kier molecular flexibility index (Phi) is 5.69. The Labute approximate surface area is 175 Å². The Hall–Kier alpha value is -3.32. The normalized spacial score (nSPS) is 26.6. The molecule has 4 atom stereocenters. The zero-order chi connectivity index (χ0) is 22.1. The Morgan fingerprint density at radius 1 is 1.03 bits per heavy atom. The maximum absolute atomic E-state index is 11.6. The number of hydrogen-bond donors (Lipinski definition) is 3. The van der Waals surface area contributed by atoms with Gasteiger partial charge in [-0.25, -0.2) is 15.0 Å². The summed E-state index contributed by atoms with van der Waals surface area (Å²) < 4.78 is 6.93. The Morgan fingerprint density at radius 2 is 1.74 bits per heavy atom. The number of carbonyl (C=O) groups is 3. The lowest BCUT2D eigenvalue weighted by atomic mass is 9.88. The second-order valence-electron chi connectivity index (χ2n) is 7.11. The summed E-state index contributed by atoms with van der Waals surface area (Å²) >= 11 is 0. The summed E-state index contributed by atoms with van der Waals surface area (Å²) in [6.07, 6.45) is 2.66. The maximum atomic E-state index is 11.6. The molecule has 0 saturated carbocycles.